The Bertz CT molecular complexity index is 671. The molecular weight excluding hydrogens is 240 g/mol. The van der Waals surface area contributed by atoms with E-state index in [0.717, 1.165) is 16.9 Å². The van der Waals surface area contributed by atoms with E-state index in [2.05, 4.69) is 13.8 Å². The molecule has 2 aromatic rings. The number of ether oxygens (including phenoxy) is 1. The summed E-state index contributed by atoms with van der Waals surface area (Å²) in [6.07, 6.45) is 0. The lowest BCUT2D eigenvalue weighted by atomic mass is 9.75. The predicted molar refractivity (Wildman–Crippen MR) is 72.0 cm³/mol. The van der Waals surface area contributed by atoms with Crippen molar-refractivity contribution < 1.29 is 14.6 Å². The number of carboxylic acid groups (broad SMARTS) is 1. The van der Waals surface area contributed by atoms with Crippen molar-refractivity contribution in [2.45, 2.75) is 19.3 Å². The Kier molecular flexibility index (Phi) is 2.39. The minimum Gasteiger partial charge on any atom is -0.478 e. The molecule has 19 heavy (non-hydrogen) atoms. The minimum atomic E-state index is -0.966. The molecule has 1 aliphatic rings. The number of rotatable bonds is 1. The van der Waals surface area contributed by atoms with E-state index in [0.29, 0.717) is 5.75 Å². The summed E-state index contributed by atoms with van der Waals surface area (Å²) in [5, 5.41) is 9.28. The van der Waals surface area contributed by atoms with Crippen molar-refractivity contribution in [3.05, 3.63) is 59.2 Å². The number of para-hydroxylation sites is 2. The van der Waals surface area contributed by atoms with Gasteiger partial charge < -0.3 is 9.84 Å². The molecule has 0 atom stereocenters. The molecule has 3 nitrogen and oxygen atoms in total. The van der Waals surface area contributed by atoms with Crippen molar-refractivity contribution in [2.24, 2.45) is 0 Å². The summed E-state index contributed by atoms with van der Waals surface area (Å²) in [6.45, 7) is 4.16. The zero-order valence-corrected chi connectivity index (χ0v) is 10.8. The van der Waals surface area contributed by atoms with Gasteiger partial charge in [-0.3, -0.25) is 0 Å². The normalized spacial score (nSPS) is 15.1. The first-order valence-electron chi connectivity index (χ1n) is 6.16. The molecule has 1 aliphatic heterocycles. The van der Waals surface area contributed by atoms with Crippen LogP contribution < -0.4 is 4.74 Å². The lowest BCUT2D eigenvalue weighted by molar-refractivity contribution is 0.0693. The molecule has 1 heterocycles. The first kappa shape index (κ1) is 11.8. The van der Waals surface area contributed by atoms with Crippen LogP contribution in [0.25, 0.3) is 0 Å². The van der Waals surface area contributed by atoms with Crippen molar-refractivity contribution in [1.82, 2.24) is 0 Å². The van der Waals surface area contributed by atoms with Crippen LogP contribution in [0.1, 0.15) is 35.3 Å². The van der Waals surface area contributed by atoms with Crippen LogP contribution in [0.4, 0.5) is 0 Å². The second kappa shape index (κ2) is 3.85. The van der Waals surface area contributed by atoms with Gasteiger partial charge >= 0.3 is 5.97 Å². The van der Waals surface area contributed by atoms with Crippen LogP contribution in [0.2, 0.25) is 0 Å². The van der Waals surface area contributed by atoms with Gasteiger partial charge in [-0.05, 0) is 12.1 Å². The summed E-state index contributed by atoms with van der Waals surface area (Å²) in [6, 6.07) is 13.0. The Balaban J connectivity index is 2.30. The van der Waals surface area contributed by atoms with Gasteiger partial charge in [-0.25, -0.2) is 4.79 Å². The Labute approximate surface area is 111 Å². The van der Waals surface area contributed by atoms with Crippen molar-refractivity contribution in [3.8, 4) is 11.5 Å². The number of aromatic carboxylic acids is 1. The maximum absolute atomic E-state index is 11.3. The van der Waals surface area contributed by atoms with Gasteiger partial charge in [-0.2, -0.15) is 0 Å². The van der Waals surface area contributed by atoms with Crippen molar-refractivity contribution in [3.63, 3.8) is 0 Å². The van der Waals surface area contributed by atoms with Gasteiger partial charge in [0, 0.05) is 16.5 Å². The van der Waals surface area contributed by atoms with Crippen LogP contribution in [0.3, 0.4) is 0 Å². The lowest BCUT2D eigenvalue weighted by Gasteiger charge is -2.34. The summed E-state index contributed by atoms with van der Waals surface area (Å²) >= 11 is 0. The molecule has 0 saturated carbocycles. The van der Waals surface area contributed by atoms with Gasteiger partial charge in [-0.15, -0.1) is 0 Å². The van der Waals surface area contributed by atoms with Gasteiger partial charge in [0.2, 0.25) is 0 Å². The lowest BCUT2D eigenvalue weighted by Crippen LogP contribution is -2.25. The van der Waals surface area contributed by atoms with Gasteiger partial charge in [0.05, 0.1) is 0 Å². The zero-order valence-electron chi connectivity index (χ0n) is 10.8. The Hall–Kier alpha value is -2.29. The third kappa shape index (κ3) is 1.62. The number of hydrogen-bond donors (Lipinski definition) is 1. The zero-order chi connectivity index (χ0) is 13.6. The van der Waals surface area contributed by atoms with Crippen LogP contribution in [0, 0.1) is 0 Å². The van der Waals surface area contributed by atoms with E-state index in [4.69, 9.17) is 4.74 Å². The summed E-state index contributed by atoms with van der Waals surface area (Å²) in [7, 11) is 0. The largest absolute Gasteiger partial charge is 0.478 e. The fourth-order valence-electron chi connectivity index (χ4n) is 2.63. The molecule has 3 rings (SSSR count). The van der Waals surface area contributed by atoms with E-state index in [1.54, 1.807) is 12.1 Å². The SMILES string of the molecule is CC1(C)c2ccccc2Oc2c(C(=O)O)cccc21. The van der Waals surface area contributed by atoms with Crippen LogP contribution in [-0.4, -0.2) is 11.1 Å². The molecule has 96 valence electrons. The summed E-state index contributed by atoms with van der Waals surface area (Å²) in [5.74, 6) is 0.222. The van der Waals surface area contributed by atoms with Crippen molar-refractivity contribution in [2.75, 3.05) is 0 Å². The van der Waals surface area contributed by atoms with Crippen LogP contribution in [0.15, 0.2) is 42.5 Å². The number of fused-ring (bicyclic) bond motifs is 2. The topological polar surface area (TPSA) is 46.5 Å². The predicted octanol–water partition coefficient (Wildman–Crippen LogP) is 3.82. The fraction of sp³-hybridized carbons (Fsp3) is 0.188. The maximum atomic E-state index is 11.3. The van der Waals surface area contributed by atoms with E-state index < -0.39 is 5.97 Å². The Morgan fingerprint density at radius 2 is 1.74 bits per heavy atom. The number of carbonyl (C=O) groups is 1. The second-order valence-electron chi connectivity index (χ2n) is 5.21. The van der Waals surface area contributed by atoms with Crippen LogP contribution in [-0.2, 0) is 5.41 Å². The molecule has 3 heteroatoms. The summed E-state index contributed by atoms with van der Waals surface area (Å²) in [4.78, 5) is 11.3. The molecule has 0 amide bonds. The molecule has 0 saturated heterocycles. The second-order valence-corrected chi connectivity index (χ2v) is 5.21. The average Bonchev–Trinajstić information content (AvgIpc) is 2.38. The average molecular weight is 254 g/mol. The van der Waals surface area contributed by atoms with Crippen LogP contribution >= 0.6 is 0 Å². The maximum Gasteiger partial charge on any atom is 0.339 e. The van der Waals surface area contributed by atoms with E-state index in [1.807, 2.05) is 30.3 Å². The van der Waals surface area contributed by atoms with Crippen LogP contribution in [0.5, 0.6) is 11.5 Å². The highest BCUT2D eigenvalue weighted by Gasteiger charge is 2.35. The summed E-state index contributed by atoms with van der Waals surface area (Å²) in [5.41, 5.74) is 1.92. The minimum absolute atomic E-state index is 0.208. The summed E-state index contributed by atoms with van der Waals surface area (Å²) < 4.78 is 5.82. The number of carboxylic acids is 1. The van der Waals surface area contributed by atoms with Gasteiger partial charge in [0.25, 0.3) is 0 Å². The highest BCUT2D eigenvalue weighted by molar-refractivity contribution is 5.92. The third-order valence-electron chi connectivity index (χ3n) is 3.69. The quantitative estimate of drug-likeness (QED) is 0.841. The van der Waals surface area contributed by atoms with Crippen molar-refractivity contribution in [1.29, 1.82) is 0 Å². The molecule has 1 N–H and O–H groups in total. The Morgan fingerprint density at radius 3 is 2.47 bits per heavy atom. The van der Waals surface area contributed by atoms with E-state index in [-0.39, 0.29) is 11.0 Å². The Morgan fingerprint density at radius 1 is 1.05 bits per heavy atom. The highest BCUT2D eigenvalue weighted by Crippen LogP contribution is 2.48. The van der Waals surface area contributed by atoms with E-state index in [9.17, 15) is 9.90 Å². The molecule has 0 fully saturated rings. The molecule has 0 bridgehead atoms. The van der Waals surface area contributed by atoms with Gasteiger partial charge in [-0.1, -0.05) is 44.2 Å². The molecule has 0 spiro atoms. The van der Waals surface area contributed by atoms with Gasteiger partial charge in [0.1, 0.15) is 17.1 Å². The molecule has 0 radical (unpaired) electrons. The monoisotopic (exact) mass is 254 g/mol. The van der Waals surface area contributed by atoms with Crippen molar-refractivity contribution >= 4 is 5.97 Å². The molecule has 0 unspecified atom stereocenters. The highest BCUT2D eigenvalue weighted by atomic mass is 16.5. The van der Waals surface area contributed by atoms with E-state index in [1.165, 1.54) is 0 Å². The van der Waals surface area contributed by atoms with E-state index >= 15 is 0 Å². The fourth-order valence-corrected chi connectivity index (χ4v) is 2.63. The molecule has 2 aromatic carbocycles. The molecule has 0 aliphatic carbocycles. The smallest absolute Gasteiger partial charge is 0.339 e. The van der Waals surface area contributed by atoms with Gasteiger partial charge in [0.15, 0.2) is 0 Å². The molecular formula is C16H14O3. The standard InChI is InChI=1S/C16H14O3/c1-16(2)11-7-3-4-9-13(11)19-14-10(15(17)18)6-5-8-12(14)16/h3-9H,1-2H3,(H,17,18). The number of benzene rings is 2. The third-order valence-corrected chi connectivity index (χ3v) is 3.69. The molecule has 0 aromatic heterocycles. The number of hydrogen-bond acceptors (Lipinski definition) is 2. The first-order chi connectivity index (χ1) is 9.01. The first-order valence-corrected chi connectivity index (χ1v) is 6.16.